The molecule has 0 spiro atoms. The van der Waals surface area contributed by atoms with Crippen LogP contribution in [-0.4, -0.2) is 64.6 Å². The number of Topliss-reactive ketones (excluding diaryl/α,β-unsaturated/α-hetero) is 2. The summed E-state index contributed by atoms with van der Waals surface area (Å²) in [5, 5.41) is 18.3. The number of hydrogen-bond donors (Lipinski definition) is 3. The number of phenols is 1. The van der Waals surface area contributed by atoms with Crippen LogP contribution in [0.3, 0.4) is 0 Å². The Kier molecular flexibility index (Phi) is 51.7. The zero-order chi connectivity index (χ0) is 65.2. The van der Waals surface area contributed by atoms with E-state index in [1.807, 2.05) is 34.7 Å². The van der Waals surface area contributed by atoms with Crippen molar-refractivity contribution >= 4 is 194 Å². The number of carbonyl (C=O) groups excluding carboxylic acids is 5. The fourth-order valence-corrected chi connectivity index (χ4v) is 9.06. The summed E-state index contributed by atoms with van der Waals surface area (Å²) in [6.07, 6.45) is 15.2. The molecule has 2 radical (unpaired) electrons. The number of benzene rings is 4. The van der Waals surface area contributed by atoms with Crippen molar-refractivity contribution in [3.05, 3.63) is 180 Å². The van der Waals surface area contributed by atoms with E-state index >= 15 is 0 Å². The number of phenolic OH excluding ortho intramolecular Hbond substituents is 1. The van der Waals surface area contributed by atoms with E-state index in [0.717, 1.165) is 18.8 Å². The van der Waals surface area contributed by atoms with Crippen molar-refractivity contribution in [1.82, 2.24) is 0 Å². The van der Waals surface area contributed by atoms with Gasteiger partial charge >= 0.3 is 23.2 Å². The Labute approximate surface area is 632 Å². The molecule has 7 aromatic rings. The van der Waals surface area contributed by atoms with E-state index in [1.54, 1.807) is 113 Å². The van der Waals surface area contributed by atoms with Crippen molar-refractivity contribution in [1.29, 1.82) is 0 Å². The monoisotopic (exact) mass is 1910 g/mol. The van der Waals surface area contributed by atoms with E-state index in [9.17, 15) is 48.3 Å². The summed E-state index contributed by atoms with van der Waals surface area (Å²) in [5.41, 5.74) is 7.36. The number of carboxylic acids is 1. The molecule has 91 heavy (non-hydrogen) atoms. The summed E-state index contributed by atoms with van der Waals surface area (Å²) in [6, 6.07) is 27.1. The number of aromatic carboxylic acids is 1. The number of alkyl halides is 3. The second-order valence-corrected chi connectivity index (χ2v) is 30.6. The summed E-state index contributed by atoms with van der Waals surface area (Å²) in [6.45, 7) is 11.1. The van der Waals surface area contributed by atoms with Crippen LogP contribution in [0.2, 0.25) is 0 Å². The Balaban J connectivity index is -0.00000103. The van der Waals surface area contributed by atoms with Crippen molar-refractivity contribution in [2.45, 2.75) is 125 Å². The molecule has 9 rings (SSSR count). The van der Waals surface area contributed by atoms with Gasteiger partial charge < -0.3 is 68.7 Å². The van der Waals surface area contributed by atoms with E-state index < -0.39 is 23.2 Å². The summed E-state index contributed by atoms with van der Waals surface area (Å²) in [7, 11) is 0. The molecule has 0 unspecified atom stereocenters. The van der Waals surface area contributed by atoms with Gasteiger partial charge in [-0.05, 0) is 132 Å². The van der Waals surface area contributed by atoms with Crippen LogP contribution >= 0.6 is 126 Å². The number of ketones is 2. The van der Waals surface area contributed by atoms with Crippen LogP contribution in [0.4, 0.5) is 0 Å². The number of fused-ring (bicyclic) bond motifs is 3. The van der Waals surface area contributed by atoms with Crippen LogP contribution in [0, 0.1) is 45.0 Å². The molecule has 498 valence electrons. The van der Waals surface area contributed by atoms with E-state index in [0.29, 0.717) is 62.8 Å². The smallest absolute Gasteiger partial charge is 0.391 e. The number of nitrogens with two attached hydrogens (primary N) is 1. The number of halogens is 6. The van der Waals surface area contributed by atoms with Gasteiger partial charge in [-0.2, -0.15) is 0 Å². The molecule has 2 aliphatic rings. The molecule has 0 atom stereocenters. The first kappa shape index (κ1) is 92.0. The number of aromatic hydroxyl groups is 1. The van der Waals surface area contributed by atoms with E-state index in [4.69, 9.17) is 40.4 Å². The molecular weight excluding hydrogens is 1830 g/mol. The molecule has 25 heteroatoms. The van der Waals surface area contributed by atoms with Gasteiger partial charge in [0.15, 0.2) is 33.6 Å². The molecule has 2 saturated carbocycles. The summed E-state index contributed by atoms with van der Waals surface area (Å²) in [5.74, 6) is -1.35. The quantitative estimate of drug-likeness (QED) is 0.0195. The molecule has 3 aromatic heterocycles. The number of carboxylic acid groups (broad SMARTS) is 1. The molecule has 0 amide bonds. The largest absolute Gasteiger partial charge is 0.507 e. The Morgan fingerprint density at radius 2 is 0.956 bits per heavy atom. The van der Waals surface area contributed by atoms with Gasteiger partial charge in [-0.15, -0.1) is 24.0 Å². The Morgan fingerprint density at radius 1 is 0.593 bits per heavy atom. The number of para-hydroxylation sites is 4. The van der Waals surface area contributed by atoms with Gasteiger partial charge in [0.1, 0.15) is 22.4 Å². The maximum Gasteiger partial charge on any atom is 0.391 e. The summed E-state index contributed by atoms with van der Waals surface area (Å²) in [4.78, 5) is 105. The normalized spacial score (nSPS) is 12.0. The summed E-state index contributed by atoms with van der Waals surface area (Å²) >= 11 is 13.5. The Morgan fingerprint density at radius 3 is 1.32 bits per heavy atom. The second kappa shape index (κ2) is 51.1. The predicted octanol–water partition coefficient (Wildman–Crippen LogP) is 17.4. The van der Waals surface area contributed by atoms with E-state index in [2.05, 4.69) is 77.4 Å². The maximum atomic E-state index is 12.5. The third-order valence-electron chi connectivity index (χ3n) is 13.5. The topological polar surface area (TPSA) is 278 Å². The fraction of sp³-hybridized carbons (Fsp3) is 0.379. The van der Waals surface area contributed by atoms with Gasteiger partial charge in [-0.1, -0.05) is 175 Å². The van der Waals surface area contributed by atoms with Crippen LogP contribution in [0.15, 0.2) is 125 Å². The molecule has 0 bridgehead atoms. The Hall–Kier alpha value is -3.20. The van der Waals surface area contributed by atoms with Crippen LogP contribution in [0.5, 0.6) is 5.75 Å². The third-order valence-corrected chi connectivity index (χ3v) is 13.7. The fourth-order valence-electron chi connectivity index (χ4n) is 9.00. The third kappa shape index (κ3) is 31.9. The predicted molar refractivity (Wildman–Crippen MR) is 398 cm³/mol. The number of carbonyl (C=O) groups is 6. The maximum absolute atomic E-state index is 12.5. The molecule has 2 fully saturated rings. The van der Waals surface area contributed by atoms with Gasteiger partial charge in [0.2, 0.25) is 11.5 Å². The summed E-state index contributed by atoms with van der Waals surface area (Å²) < 4.78 is 26.0. The van der Waals surface area contributed by atoms with Crippen LogP contribution < -0.4 is 22.0 Å². The molecule has 3 heterocycles. The number of ether oxygens (including phenoxy) is 2. The van der Waals surface area contributed by atoms with Crippen LogP contribution in [-0.2, 0) is 56.2 Å². The minimum absolute atomic E-state index is 0. The van der Waals surface area contributed by atoms with Crippen LogP contribution in [0.1, 0.15) is 163 Å². The first-order valence-electron chi connectivity index (χ1n) is 28.1. The number of hydrogen-bond acceptors (Lipinski definition) is 16. The minimum atomic E-state index is -1.23. The van der Waals surface area contributed by atoms with Gasteiger partial charge in [0.25, 0.3) is 0 Å². The van der Waals surface area contributed by atoms with Crippen molar-refractivity contribution in [3.8, 4) is 5.75 Å². The molecule has 4 aromatic carbocycles. The van der Waals surface area contributed by atoms with Crippen molar-refractivity contribution in [2.24, 2.45) is 17.6 Å². The van der Waals surface area contributed by atoms with Gasteiger partial charge in [-0.25, -0.2) is 14.4 Å². The first-order chi connectivity index (χ1) is 41.5. The zero-order valence-electron chi connectivity index (χ0n) is 51.9. The van der Waals surface area contributed by atoms with Crippen molar-refractivity contribution in [3.63, 3.8) is 0 Å². The van der Waals surface area contributed by atoms with Crippen LogP contribution in [0.25, 0.3) is 32.9 Å². The first-order valence-corrected chi connectivity index (χ1v) is 33.7. The standard InChI is InChI=1S/C19H22O3.C13H12O4.C11H8O4.C9H10O2.C7H15N.C4H5ClO3.CHI3.CH2I.CH3.HI.2V/c1-13-18(21)15-9-5-6-10-17(15)22-19(13)16(20)12-11-14-7-3-2-4-8-14;1-3-16-13(15)12-8(2)11(14)9-6-4-5-7-10(9)17-12;1-6-9(12)7-4-2-3-5-8(7)15-10(6)11(13)14;1-2-8(10)7-5-3-4-6-9(7)11;8-6-7-4-2-1-3-5-7;1-2-8-4(7)3(5)6;2-1(3)4;1-2;;;;/h5-6,9-10,14H,2-4,7-8,11-12H2,1H3;4-7H,3H2,1-2H3;2-5H,1H3,(H,13,14);3-6,11H,2H2,1H3;7H,1-6,8H2;2H2,1H3;1H;1H2;1H3;1H;;/q;;;;;;;2*-1;;;. The van der Waals surface area contributed by atoms with Gasteiger partial charge in [-0.3, -0.25) is 33.7 Å². The van der Waals surface area contributed by atoms with E-state index in [-0.39, 0.29) is 144 Å². The van der Waals surface area contributed by atoms with Crippen molar-refractivity contribution in [2.75, 3.05) is 19.8 Å². The molecule has 4 N–H and O–H groups in total. The zero-order valence-corrected chi connectivity index (χ0v) is 66.4. The number of rotatable bonds is 12. The second-order valence-electron chi connectivity index (χ2n) is 19.4. The van der Waals surface area contributed by atoms with Gasteiger partial charge in [0.05, 0.1) is 34.9 Å². The molecule has 0 saturated heterocycles. The Bertz CT molecular complexity index is 3550. The van der Waals surface area contributed by atoms with Crippen molar-refractivity contribution < 1.29 is 98.8 Å². The molecule has 2 aliphatic carbocycles. The molecular formula is C66H79ClI5NO16V2-2. The average molecular weight is 1910 g/mol. The average Bonchev–Trinajstić information content (AvgIpc) is 1.63. The number of esters is 2. The molecule has 17 nitrogen and oxygen atoms in total. The minimum Gasteiger partial charge on any atom is -0.507 e. The SMILES string of the molecule is CCC(=O)c1ccccc1O.CCOC(=O)C(=O)Cl.CCOC(=O)c1oc2ccccc2c(=O)c1C.Cc1c(C(=O)CCC2CCCCC2)oc2ccccc2c1=O.Cc1c(C(=O)O)oc2ccccc2c1=O.I.IC(I)I.NCC1CCCCC1.[CH2-]I.[CH3-].[V].[V]. The molecule has 0 aliphatic heterocycles. The van der Waals surface area contributed by atoms with E-state index in [1.165, 1.54) is 77.2 Å². The van der Waals surface area contributed by atoms with Gasteiger partial charge in [0, 0.05) is 66.6 Å².